The highest BCUT2D eigenvalue weighted by atomic mass is 79.9. The van der Waals surface area contributed by atoms with Gasteiger partial charge in [-0.1, -0.05) is 0 Å². The summed E-state index contributed by atoms with van der Waals surface area (Å²) in [6.45, 7) is 3.77. The molecule has 1 amide bonds. The van der Waals surface area contributed by atoms with Crippen LogP contribution in [0.4, 0.5) is 11.4 Å². The molecule has 0 aliphatic carbocycles. The third kappa shape index (κ3) is 3.36. The molecule has 17 heavy (non-hydrogen) atoms. The fraction of sp³-hybridized carbons (Fsp3) is 0.417. The highest BCUT2D eigenvalue weighted by molar-refractivity contribution is 9.10. The van der Waals surface area contributed by atoms with Gasteiger partial charge in [-0.05, 0) is 47.5 Å². The van der Waals surface area contributed by atoms with Gasteiger partial charge in [0, 0.05) is 29.9 Å². The van der Waals surface area contributed by atoms with Gasteiger partial charge in [0.1, 0.15) is 6.04 Å². The summed E-state index contributed by atoms with van der Waals surface area (Å²) in [6.07, 6.45) is 0. The van der Waals surface area contributed by atoms with E-state index in [1.54, 1.807) is 19.0 Å². The van der Waals surface area contributed by atoms with Gasteiger partial charge in [-0.2, -0.15) is 0 Å². The van der Waals surface area contributed by atoms with Crippen molar-refractivity contribution in [1.29, 1.82) is 0 Å². The first-order chi connectivity index (χ1) is 7.82. The van der Waals surface area contributed by atoms with Crippen molar-refractivity contribution in [2.24, 2.45) is 0 Å². The van der Waals surface area contributed by atoms with E-state index >= 15 is 0 Å². The lowest BCUT2D eigenvalue weighted by Crippen LogP contribution is -2.36. The average Bonchev–Trinajstić information content (AvgIpc) is 2.24. The van der Waals surface area contributed by atoms with Crippen molar-refractivity contribution >= 4 is 33.2 Å². The first-order valence-corrected chi connectivity index (χ1v) is 6.15. The molecular weight excluding hydrogens is 282 g/mol. The van der Waals surface area contributed by atoms with E-state index in [0.717, 1.165) is 21.4 Å². The van der Waals surface area contributed by atoms with Crippen LogP contribution in [0.1, 0.15) is 12.5 Å². The Hall–Kier alpha value is -1.23. The van der Waals surface area contributed by atoms with Gasteiger partial charge in [-0.3, -0.25) is 4.79 Å². The number of anilines is 2. The van der Waals surface area contributed by atoms with Crippen LogP contribution in [0.3, 0.4) is 0 Å². The number of carbonyl (C=O) groups excluding carboxylic acids is 1. The first kappa shape index (κ1) is 13.8. The lowest BCUT2D eigenvalue weighted by atomic mass is 10.1. The Morgan fingerprint density at radius 3 is 2.59 bits per heavy atom. The Kier molecular flexibility index (Phi) is 4.40. The predicted octanol–water partition coefficient (Wildman–Crippen LogP) is 2.23. The minimum absolute atomic E-state index is 0.0337. The Labute approximate surface area is 110 Å². The van der Waals surface area contributed by atoms with Gasteiger partial charge < -0.3 is 16.0 Å². The van der Waals surface area contributed by atoms with E-state index in [2.05, 4.69) is 21.2 Å². The van der Waals surface area contributed by atoms with Crippen LogP contribution in [-0.2, 0) is 4.79 Å². The highest BCUT2D eigenvalue weighted by Crippen LogP contribution is 2.28. The van der Waals surface area contributed by atoms with E-state index in [0.29, 0.717) is 0 Å². The molecule has 1 aromatic rings. The third-order valence-corrected chi connectivity index (χ3v) is 3.20. The predicted molar refractivity (Wildman–Crippen MR) is 75.1 cm³/mol. The molecule has 0 radical (unpaired) electrons. The average molecular weight is 300 g/mol. The lowest BCUT2D eigenvalue weighted by molar-refractivity contribution is -0.129. The molecular formula is C12H18BrN3O. The van der Waals surface area contributed by atoms with Gasteiger partial charge in [0.25, 0.3) is 0 Å². The normalized spacial score (nSPS) is 12.1. The van der Waals surface area contributed by atoms with Crippen LogP contribution in [0.2, 0.25) is 0 Å². The van der Waals surface area contributed by atoms with Gasteiger partial charge in [0.05, 0.1) is 0 Å². The zero-order valence-electron chi connectivity index (χ0n) is 10.5. The van der Waals surface area contributed by atoms with E-state index < -0.39 is 0 Å². The topological polar surface area (TPSA) is 58.4 Å². The van der Waals surface area contributed by atoms with Crippen LogP contribution < -0.4 is 11.1 Å². The standard InChI is InChI=1S/C12H18BrN3O/c1-7-5-11(9(13)6-10(7)14)15-8(2)12(17)16(3)4/h5-6,8,15H,14H2,1-4H3. The van der Waals surface area contributed by atoms with Crippen molar-refractivity contribution in [1.82, 2.24) is 4.90 Å². The summed E-state index contributed by atoms with van der Waals surface area (Å²) in [5.74, 6) is 0.0337. The van der Waals surface area contributed by atoms with Gasteiger partial charge in [-0.25, -0.2) is 0 Å². The molecule has 0 aliphatic rings. The van der Waals surface area contributed by atoms with Crippen LogP contribution in [-0.4, -0.2) is 30.9 Å². The molecule has 1 aromatic carbocycles. The number of halogens is 1. The molecule has 0 fully saturated rings. The van der Waals surface area contributed by atoms with Crippen LogP contribution in [0.25, 0.3) is 0 Å². The largest absolute Gasteiger partial charge is 0.398 e. The number of rotatable bonds is 3. The molecule has 0 bridgehead atoms. The molecule has 0 aromatic heterocycles. The fourth-order valence-corrected chi connectivity index (χ4v) is 1.97. The van der Waals surface area contributed by atoms with Gasteiger partial charge >= 0.3 is 0 Å². The van der Waals surface area contributed by atoms with E-state index in [1.165, 1.54) is 0 Å². The van der Waals surface area contributed by atoms with E-state index in [-0.39, 0.29) is 11.9 Å². The molecule has 0 aliphatic heterocycles. The molecule has 0 heterocycles. The first-order valence-electron chi connectivity index (χ1n) is 5.36. The maximum atomic E-state index is 11.7. The lowest BCUT2D eigenvalue weighted by Gasteiger charge is -2.20. The second-order valence-corrected chi connectivity index (χ2v) is 5.14. The van der Waals surface area contributed by atoms with Crippen molar-refractivity contribution < 1.29 is 4.79 Å². The SMILES string of the molecule is Cc1cc(NC(C)C(=O)N(C)C)c(Br)cc1N. The third-order valence-electron chi connectivity index (χ3n) is 2.54. The molecule has 94 valence electrons. The number of nitrogens with one attached hydrogen (secondary N) is 1. The van der Waals surface area contributed by atoms with Crippen molar-refractivity contribution in [2.75, 3.05) is 25.1 Å². The number of hydrogen-bond acceptors (Lipinski definition) is 3. The molecule has 0 spiro atoms. The van der Waals surface area contributed by atoms with Crippen LogP contribution in [0.5, 0.6) is 0 Å². The molecule has 4 nitrogen and oxygen atoms in total. The summed E-state index contributed by atoms with van der Waals surface area (Å²) >= 11 is 3.43. The molecule has 1 atom stereocenters. The van der Waals surface area contributed by atoms with Crippen LogP contribution >= 0.6 is 15.9 Å². The fourth-order valence-electron chi connectivity index (χ4n) is 1.49. The second-order valence-electron chi connectivity index (χ2n) is 4.29. The van der Waals surface area contributed by atoms with E-state index in [4.69, 9.17) is 5.73 Å². The van der Waals surface area contributed by atoms with Gasteiger partial charge in [0.15, 0.2) is 0 Å². The number of hydrogen-bond donors (Lipinski definition) is 2. The number of amides is 1. The van der Waals surface area contributed by atoms with Crippen LogP contribution in [0, 0.1) is 6.92 Å². The van der Waals surface area contributed by atoms with Crippen molar-refractivity contribution in [3.63, 3.8) is 0 Å². The molecule has 3 N–H and O–H groups in total. The quantitative estimate of drug-likeness (QED) is 0.842. The minimum Gasteiger partial charge on any atom is -0.398 e. The number of benzene rings is 1. The van der Waals surface area contributed by atoms with Gasteiger partial charge in [0.2, 0.25) is 5.91 Å². The number of likely N-dealkylation sites (N-methyl/N-ethyl adjacent to an activating group) is 1. The monoisotopic (exact) mass is 299 g/mol. The zero-order chi connectivity index (χ0) is 13.2. The number of nitrogens with zero attached hydrogens (tertiary/aromatic N) is 1. The summed E-state index contributed by atoms with van der Waals surface area (Å²) in [5.41, 5.74) is 8.39. The van der Waals surface area contributed by atoms with Crippen molar-refractivity contribution in [2.45, 2.75) is 19.9 Å². The molecule has 0 saturated carbocycles. The Bertz CT molecular complexity index is 432. The van der Waals surface area contributed by atoms with Crippen molar-refractivity contribution in [3.05, 3.63) is 22.2 Å². The molecule has 1 rings (SSSR count). The summed E-state index contributed by atoms with van der Waals surface area (Å²) in [5, 5.41) is 3.17. The molecule has 5 heteroatoms. The van der Waals surface area contributed by atoms with Crippen molar-refractivity contribution in [3.8, 4) is 0 Å². The maximum Gasteiger partial charge on any atom is 0.244 e. The Morgan fingerprint density at radius 1 is 1.47 bits per heavy atom. The number of carbonyl (C=O) groups is 1. The smallest absolute Gasteiger partial charge is 0.244 e. The maximum absolute atomic E-state index is 11.7. The second kappa shape index (κ2) is 5.40. The summed E-state index contributed by atoms with van der Waals surface area (Å²) < 4.78 is 0.860. The highest BCUT2D eigenvalue weighted by Gasteiger charge is 2.15. The van der Waals surface area contributed by atoms with Crippen LogP contribution in [0.15, 0.2) is 16.6 Å². The number of nitrogens with two attached hydrogens (primary N) is 1. The minimum atomic E-state index is -0.274. The Morgan fingerprint density at radius 2 is 2.06 bits per heavy atom. The summed E-state index contributed by atoms with van der Waals surface area (Å²) in [7, 11) is 3.48. The summed E-state index contributed by atoms with van der Waals surface area (Å²) in [4.78, 5) is 13.3. The number of aryl methyl sites for hydroxylation is 1. The molecule has 1 unspecified atom stereocenters. The van der Waals surface area contributed by atoms with Gasteiger partial charge in [-0.15, -0.1) is 0 Å². The molecule has 0 saturated heterocycles. The van der Waals surface area contributed by atoms with E-state index in [9.17, 15) is 4.79 Å². The summed E-state index contributed by atoms with van der Waals surface area (Å²) in [6, 6.07) is 3.49. The Balaban J connectivity index is 2.89. The number of nitrogen functional groups attached to an aromatic ring is 1. The zero-order valence-corrected chi connectivity index (χ0v) is 12.1. The van der Waals surface area contributed by atoms with E-state index in [1.807, 2.05) is 26.0 Å².